The van der Waals surface area contributed by atoms with Crippen LogP contribution in [0.2, 0.25) is 0 Å². The summed E-state index contributed by atoms with van der Waals surface area (Å²) in [6.45, 7) is 0.426. The first kappa shape index (κ1) is 16.9. The zero-order valence-corrected chi connectivity index (χ0v) is 15.6. The number of fused-ring (bicyclic) bond motifs is 1. The number of carbonyl (C=O) groups is 1. The lowest BCUT2D eigenvalue weighted by atomic mass is 10.1. The van der Waals surface area contributed by atoms with E-state index in [1.165, 1.54) is 16.7 Å². The summed E-state index contributed by atoms with van der Waals surface area (Å²) >= 11 is 6.72. The van der Waals surface area contributed by atoms with Crippen molar-refractivity contribution >= 4 is 46.0 Å². The monoisotopic (exact) mass is 381 g/mol. The average molecular weight is 381 g/mol. The maximum Gasteiger partial charge on any atom is 0.270 e. The molecule has 2 aromatic carbocycles. The van der Waals surface area contributed by atoms with E-state index in [1.807, 2.05) is 60.7 Å². The number of thiocarbonyl (C=S) groups is 1. The van der Waals surface area contributed by atoms with Crippen molar-refractivity contribution in [2.45, 2.75) is 0 Å². The van der Waals surface area contributed by atoms with E-state index in [4.69, 9.17) is 21.7 Å². The standard InChI is InChI=1S/C20H15NO3S2/c1-23-17-9-5-3-7-15(17)21-19(22)18(26-20(21)25)11-13-10-14-6-2-4-8-16(14)24-12-13/h2-11H,12H2,1H3/b18-11+. The molecular weight excluding hydrogens is 366 g/mol. The van der Waals surface area contributed by atoms with Gasteiger partial charge in [-0.1, -0.05) is 54.3 Å². The first-order chi connectivity index (χ1) is 12.7. The molecule has 2 aromatic rings. The quantitative estimate of drug-likeness (QED) is 0.581. The van der Waals surface area contributed by atoms with Gasteiger partial charge in [-0.3, -0.25) is 9.69 Å². The predicted octanol–water partition coefficient (Wildman–Crippen LogP) is 4.42. The van der Waals surface area contributed by atoms with Crippen LogP contribution in [0.3, 0.4) is 0 Å². The van der Waals surface area contributed by atoms with Crippen LogP contribution in [-0.4, -0.2) is 23.9 Å². The molecule has 2 aliphatic heterocycles. The minimum absolute atomic E-state index is 0.149. The fourth-order valence-corrected chi connectivity index (χ4v) is 4.18. The van der Waals surface area contributed by atoms with Crippen molar-refractivity contribution in [1.29, 1.82) is 0 Å². The normalized spacial score (nSPS) is 17.8. The predicted molar refractivity (Wildman–Crippen MR) is 109 cm³/mol. The number of carbonyl (C=O) groups excluding carboxylic acids is 1. The van der Waals surface area contributed by atoms with Crippen LogP contribution in [0, 0.1) is 0 Å². The highest BCUT2D eigenvalue weighted by Gasteiger charge is 2.35. The van der Waals surface area contributed by atoms with Crippen LogP contribution in [-0.2, 0) is 4.79 Å². The first-order valence-electron chi connectivity index (χ1n) is 8.01. The van der Waals surface area contributed by atoms with Crippen molar-refractivity contribution in [1.82, 2.24) is 0 Å². The Morgan fingerprint density at radius 3 is 2.81 bits per heavy atom. The number of nitrogens with zero attached hydrogens (tertiary/aromatic N) is 1. The zero-order valence-electron chi connectivity index (χ0n) is 14.0. The third kappa shape index (κ3) is 3.02. The highest BCUT2D eigenvalue weighted by Crippen LogP contribution is 2.40. The van der Waals surface area contributed by atoms with E-state index in [-0.39, 0.29) is 5.91 Å². The molecule has 2 aliphatic rings. The lowest BCUT2D eigenvalue weighted by Crippen LogP contribution is -2.28. The Hall–Kier alpha value is -2.57. The maximum atomic E-state index is 12.9. The fraction of sp³-hybridized carbons (Fsp3) is 0.100. The zero-order chi connectivity index (χ0) is 18.1. The third-order valence-electron chi connectivity index (χ3n) is 4.09. The van der Waals surface area contributed by atoms with E-state index in [1.54, 1.807) is 7.11 Å². The number of ether oxygens (including phenoxy) is 2. The Morgan fingerprint density at radius 1 is 1.19 bits per heavy atom. The summed E-state index contributed by atoms with van der Waals surface area (Å²) in [5.74, 6) is 1.31. The Morgan fingerprint density at radius 2 is 1.96 bits per heavy atom. The number of para-hydroxylation sites is 3. The van der Waals surface area contributed by atoms with Crippen LogP contribution in [0.4, 0.5) is 5.69 Å². The summed E-state index contributed by atoms with van der Waals surface area (Å²) < 4.78 is 11.6. The SMILES string of the molecule is COc1ccccc1N1C(=O)/C(=C\C2=Cc3ccccc3OC2)SC1=S. The van der Waals surface area contributed by atoms with E-state index in [0.717, 1.165) is 16.9 Å². The number of anilines is 1. The second-order valence-corrected chi connectivity index (χ2v) is 7.41. The number of rotatable bonds is 3. The Kier molecular flexibility index (Phi) is 4.53. The van der Waals surface area contributed by atoms with Gasteiger partial charge in [-0.05, 0) is 35.9 Å². The van der Waals surface area contributed by atoms with E-state index in [0.29, 0.717) is 27.3 Å². The molecule has 0 N–H and O–H groups in total. The summed E-state index contributed by atoms with van der Waals surface area (Å²) in [6, 6.07) is 15.2. The molecule has 2 heterocycles. The maximum absolute atomic E-state index is 12.9. The molecule has 0 spiro atoms. The summed E-state index contributed by atoms with van der Waals surface area (Å²) in [7, 11) is 1.58. The summed E-state index contributed by atoms with van der Waals surface area (Å²) in [5, 5.41) is 0. The Bertz CT molecular complexity index is 965. The topological polar surface area (TPSA) is 38.8 Å². The van der Waals surface area contributed by atoms with E-state index >= 15 is 0 Å². The number of methoxy groups -OCH3 is 1. The lowest BCUT2D eigenvalue weighted by Gasteiger charge is -2.17. The molecule has 0 unspecified atom stereocenters. The lowest BCUT2D eigenvalue weighted by molar-refractivity contribution is -0.113. The van der Waals surface area contributed by atoms with Crippen molar-refractivity contribution in [3.63, 3.8) is 0 Å². The van der Waals surface area contributed by atoms with Crippen LogP contribution in [0.25, 0.3) is 6.08 Å². The molecule has 0 saturated carbocycles. The van der Waals surface area contributed by atoms with Gasteiger partial charge in [0, 0.05) is 5.56 Å². The largest absolute Gasteiger partial charge is 0.495 e. The first-order valence-corrected chi connectivity index (χ1v) is 9.23. The van der Waals surface area contributed by atoms with Crippen molar-refractivity contribution in [2.24, 2.45) is 0 Å². The Balaban J connectivity index is 1.66. The minimum Gasteiger partial charge on any atom is -0.495 e. The van der Waals surface area contributed by atoms with Crippen LogP contribution in [0.5, 0.6) is 11.5 Å². The van der Waals surface area contributed by atoms with Crippen molar-refractivity contribution < 1.29 is 14.3 Å². The molecule has 26 heavy (non-hydrogen) atoms. The summed E-state index contributed by atoms with van der Waals surface area (Å²) in [5.41, 5.74) is 2.59. The van der Waals surface area contributed by atoms with Crippen molar-refractivity contribution in [3.05, 3.63) is 70.6 Å². The number of amides is 1. The molecule has 0 aliphatic carbocycles. The number of benzene rings is 2. The summed E-state index contributed by atoms with van der Waals surface area (Å²) in [4.78, 5) is 15.0. The second kappa shape index (κ2) is 6.97. The molecule has 0 atom stereocenters. The smallest absolute Gasteiger partial charge is 0.270 e. The molecule has 1 fully saturated rings. The van der Waals surface area contributed by atoms with E-state index in [9.17, 15) is 4.79 Å². The minimum atomic E-state index is -0.149. The molecule has 0 bridgehead atoms. The van der Waals surface area contributed by atoms with Gasteiger partial charge in [-0.15, -0.1) is 0 Å². The van der Waals surface area contributed by atoms with Crippen molar-refractivity contribution in [2.75, 3.05) is 18.6 Å². The molecule has 130 valence electrons. The van der Waals surface area contributed by atoms with Crippen LogP contribution >= 0.6 is 24.0 Å². The molecule has 4 rings (SSSR count). The average Bonchev–Trinajstić information content (AvgIpc) is 2.94. The summed E-state index contributed by atoms with van der Waals surface area (Å²) in [6.07, 6.45) is 3.89. The number of hydrogen-bond acceptors (Lipinski definition) is 5. The van der Waals surface area contributed by atoms with Gasteiger partial charge in [0.15, 0.2) is 4.32 Å². The van der Waals surface area contributed by atoms with Crippen LogP contribution in [0.1, 0.15) is 5.56 Å². The number of thioether (sulfide) groups is 1. The third-order valence-corrected chi connectivity index (χ3v) is 5.39. The van der Waals surface area contributed by atoms with Gasteiger partial charge in [0.25, 0.3) is 5.91 Å². The second-order valence-electron chi connectivity index (χ2n) is 5.73. The van der Waals surface area contributed by atoms with Crippen molar-refractivity contribution in [3.8, 4) is 11.5 Å². The number of hydrogen-bond donors (Lipinski definition) is 0. The van der Waals surface area contributed by atoms with Crippen LogP contribution < -0.4 is 14.4 Å². The highest BCUT2D eigenvalue weighted by molar-refractivity contribution is 8.27. The van der Waals surface area contributed by atoms with Gasteiger partial charge in [-0.2, -0.15) is 0 Å². The molecule has 0 radical (unpaired) electrons. The molecule has 6 heteroatoms. The van der Waals surface area contributed by atoms with Gasteiger partial charge in [0.05, 0.1) is 17.7 Å². The van der Waals surface area contributed by atoms with Gasteiger partial charge in [0.1, 0.15) is 18.1 Å². The van der Waals surface area contributed by atoms with E-state index < -0.39 is 0 Å². The Labute approximate surface area is 161 Å². The van der Waals surface area contributed by atoms with E-state index in [2.05, 4.69) is 0 Å². The molecule has 4 nitrogen and oxygen atoms in total. The fourth-order valence-electron chi connectivity index (χ4n) is 2.88. The van der Waals surface area contributed by atoms with Gasteiger partial charge < -0.3 is 9.47 Å². The molecular formula is C20H15NO3S2. The van der Waals surface area contributed by atoms with Crippen LogP contribution in [0.15, 0.2) is 65.1 Å². The molecule has 1 amide bonds. The highest BCUT2D eigenvalue weighted by atomic mass is 32.2. The van der Waals surface area contributed by atoms with Gasteiger partial charge in [0.2, 0.25) is 0 Å². The van der Waals surface area contributed by atoms with Gasteiger partial charge >= 0.3 is 0 Å². The van der Waals surface area contributed by atoms with Gasteiger partial charge in [-0.25, -0.2) is 0 Å². The molecule has 0 aromatic heterocycles. The molecule has 1 saturated heterocycles.